The van der Waals surface area contributed by atoms with E-state index in [1.54, 1.807) is 0 Å². The Morgan fingerprint density at radius 2 is 1.86 bits per heavy atom. The Labute approximate surface area is 86.7 Å². The first-order valence-electron chi connectivity index (χ1n) is 5.02. The number of hydrogen-bond donors (Lipinski definition) is 0. The first-order chi connectivity index (χ1) is 6.44. The van der Waals surface area contributed by atoms with Gasteiger partial charge in [0.25, 0.3) is 0 Å². The van der Waals surface area contributed by atoms with Gasteiger partial charge in [0.1, 0.15) is 5.60 Å². The van der Waals surface area contributed by atoms with Crippen molar-refractivity contribution in [3.8, 4) is 0 Å². The Bertz CT molecular complexity index is 286. The smallest absolute Gasteiger partial charge is 0.312 e. The molecule has 14 heavy (non-hydrogen) atoms. The molecule has 0 aromatic rings. The highest BCUT2D eigenvalue weighted by molar-refractivity contribution is 7.85. The molecular formula is C10H16O3S. The van der Waals surface area contributed by atoms with Crippen LogP contribution in [-0.2, 0) is 20.3 Å². The van der Waals surface area contributed by atoms with Gasteiger partial charge in [0.2, 0.25) is 0 Å². The molecule has 2 fully saturated rings. The fraction of sp³-hybridized carbons (Fsp3) is 0.900. The zero-order valence-corrected chi connectivity index (χ0v) is 9.49. The summed E-state index contributed by atoms with van der Waals surface area (Å²) < 4.78 is 16.7. The molecule has 3 nitrogen and oxygen atoms in total. The summed E-state index contributed by atoms with van der Waals surface area (Å²) in [6, 6.07) is 0. The number of hydrogen-bond acceptors (Lipinski definition) is 3. The van der Waals surface area contributed by atoms with E-state index in [1.807, 2.05) is 13.8 Å². The van der Waals surface area contributed by atoms with Crippen LogP contribution in [0, 0.1) is 5.41 Å². The van der Waals surface area contributed by atoms with Crippen LogP contribution in [0.3, 0.4) is 0 Å². The lowest BCUT2D eigenvalue weighted by Crippen LogP contribution is -2.37. The predicted molar refractivity (Wildman–Crippen MR) is 54.3 cm³/mol. The summed E-state index contributed by atoms with van der Waals surface area (Å²) in [5, 5.41) is 0. The number of rotatable bonds is 0. The molecule has 0 radical (unpaired) electrons. The van der Waals surface area contributed by atoms with Gasteiger partial charge in [0.05, 0.1) is 5.41 Å². The van der Waals surface area contributed by atoms with E-state index < -0.39 is 10.8 Å². The van der Waals surface area contributed by atoms with Gasteiger partial charge in [-0.3, -0.25) is 9.00 Å². The summed E-state index contributed by atoms with van der Waals surface area (Å²) in [5.74, 6) is 1.28. The SMILES string of the molecule is CC1(C)CC2(CCS(=O)CC2)OC1=O. The van der Waals surface area contributed by atoms with E-state index in [9.17, 15) is 9.00 Å². The monoisotopic (exact) mass is 216 g/mol. The van der Waals surface area contributed by atoms with Crippen LogP contribution >= 0.6 is 0 Å². The lowest BCUT2D eigenvalue weighted by atomic mass is 9.81. The van der Waals surface area contributed by atoms with Crippen LogP contribution in [0.1, 0.15) is 33.1 Å². The Morgan fingerprint density at radius 1 is 1.29 bits per heavy atom. The largest absolute Gasteiger partial charge is 0.459 e. The summed E-state index contributed by atoms with van der Waals surface area (Å²) in [6.45, 7) is 3.85. The maximum atomic E-state index is 11.6. The molecular weight excluding hydrogens is 200 g/mol. The third-order valence-electron chi connectivity index (χ3n) is 3.20. The van der Waals surface area contributed by atoms with Gasteiger partial charge in [-0.15, -0.1) is 0 Å². The predicted octanol–water partition coefficient (Wildman–Crippen LogP) is 1.24. The van der Waals surface area contributed by atoms with Crippen molar-refractivity contribution < 1.29 is 13.7 Å². The zero-order valence-electron chi connectivity index (χ0n) is 8.67. The molecule has 2 heterocycles. The van der Waals surface area contributed by atoms with E-state index in [1.165, 1.54) is 0 Å². The van der Waals surface area contributed by atoms with Crippen molar-refractivity contribution in [2.75, 3.05) is 11.5 Å². The van der Waals surface area contributed by atoms with Gasteiger partial charge in [-0.1, -0.05) is 0 Å². The highest BCUT2D eigenvalue weighted by Crippen LogP contribution is 2.45. The molecule has 2 saturated heterocycles. The van der Waals surface area contributed by atoms with Crippen molar-refractivity contribution in [1.82, 2.24) is 0 Å². The minimum Gasteiger partial charge on any atom is -0.459 e. The van der Waals surface area contributed by atoms with Crippen molar-refractivity contribution in [1.29, 1.82) is 0 Å². The van der Waals surface area contributed by atoms with Gasteiger partial charge in [0, 0.05) is 28.7 Å². The zero-order chi connectivity index (χ0) is 10.4. The van der Waals surface area contributed by atoms with Crippen molar-refractivity contribution >= 4 is 16.8 Å². The lowest BCUT2D eigenvalue weighted by Gasteiger charge is -2.31. The van der Waals surface area contributed by atoms with Gasteiger partial charge in [-0.2, -0.15) is 0 Å². The Balaban J connectivity index is 2.13. The van der Waals surface area contributed by atoms with Crippen LogP contribution in [0.4, 0.5) is 0 Å². The number of carbonyl (C=O) groups is 1. The second kappa shape index (κ2) is 3.05. The van der Waals surface area contributed by atoms with Crippen molar-refractivity contribution in [2.24, 2.45) is 5.41 Å². The summed E-state index contributed by atoms with van der Waals surface area (Å²) >= 11 is 0. The third kappa shape index (κ3) is 1.60. The molecule has 0 unspecified atom stereocenters. The first kappa shape index (κ1) is 10.1. The van der Waals surface area contributed by atoms with Crippen LogP contribution in [-0.4, -0.2) is 27.3 Å². The molecule has 0 amide bonds. The Kier molecular flexibility index (Phi) is 2.21. The Hall–Kier alpha value is -0.380. The molecule has 80 valence electrons. The normalized spacial score (nSPS) is 41.3. The van der Waals surface area contributed by atoms with Crippen molar-refractivity contribution in [3.05, 3.63) is 0 Å². The number of carbonyl (C=O) groups excluding carboxylic acids is 1. The highest BCUT2D eigenvalue weighted by Gasteiger charge is 2.52. The number of ether oxygens (including phenoxy) is 1. The van der Waals surface area contributed by atoms with E-state index >= 15 is 0 Å². The summed E-state index contributed by atoms with van der Waals surface area (Å²) in [6.07, 6.45) is 2.33. The van der Waals surface area contributed by atoms with Gasteiger partial charge >= 0.3 is 5.97 Å². The minimum atomic E-state index is -0.690. The maximum absolute atomic E-state index is 11.6. The molecule has 2 rings (SSSR count). The molecule has 0 N–H and O–H groups in total. The van der Waals surface area contributed by atoms with Gasteiger partial charge < -0.3 is 4.74 Å². The molecule has 1 spiro atoms. The third-order valence-corrected chi connectivity index (χ3v) is 4.52. The van der Waals surface area contributed by atoms with Gasteiger partial charge in [-0.05, 0) is 26.7 Å². The summed E-state index contributed by atoms with van der Waals surface area (Å²) in [7, 11) is -0.690. The van der Waals surface area contributed by atoms with Gasteiger partial charge in [-0.25, -0.2) is 0 Å². The molecule has 0 aromatic carbocycles. The summed E-state index contributed by atoms with van der Waals surface area (Å²) in [5.41, 5.74) is -0.632. The van der Waals surface area contributed by atoms with E-state index in [0.29, 0.717) is 11.5 Å². The van der Waals surface area contributed by atoms with Crippen molar-refractivity contribution in [2.45, 2.75) is 38.7 Å². The van der Waals surface area contributed by atoms with E-state index in [0.717, 1.165) is 19.3 Å². The second-order valence-electron chi connectivity index (χ2n) is 4.98. The first-order valence-corrected chi connectivity index (χ1v) is 6.51. The number of esters is 1. The van der Waals surface area contributed by atoms with Crippen LogP contribution in [0.25, 0.3) is 0 Å². The van der Waals surface area contributed by atoms with Crippen LogP contribution < -0.4 is 0 Å². The standard InChI is InChI=1S/C10H16O3S/c1-9(2)7-10(13-8(9)11)3-5-14(12)6-4-10/h3-7H2,1-2H3. The van der Waals surface area contributed by atoms with E-state index in [2.05, 4.69) is 0 Å². The van der Waals surface area contributed by atoms with Crippen LogP contribution in [0.5, 0.6) is 0 Å². The fourth-order valence-electron chi connectivity index (χ4n) is 2.35. The lowest BCUT2D eigenvalue weighted by molar-refractivity contribution is -0.153. The second-order valence-corrected chi connectivity index (χ2v) is 6.68. The quantitative estimate of drug-likeness (QED) is 0.572. The summed E-state index contributed by atoms with van der Waals surface area (Å²) in [4.78, 5) is 11.6. The average molecular weight is 216 g/mol. The molecule has 2 aliphatic heterocycles. The molecule has 0 aliphatic carbocycles. The van der Waals surface area contributed by atoms with Crippen LogP contribution in [0.15, 0.2) is 0 Å². The molecule has 0 saturated carbocycles. The van der Waals surface area contributed by atoms with E-state index in [4.69, 9.17) is 4.74 Å². The molecule has 0 aromatic heterocycles. The topological polar surface area (TPSA) is 43.4 Å². The highest BCUT2D eigenvalue weighted by atomic mass is 32.2. The van der Waals surface area contributed by atoms with Gasteiger partial charge in [0.15, 0.2) is 0 Å². The fourth-order valence-corrected chi connectivity index (χ4v) is 3.76. The average Bonchev–Trinajstić information content (AvgIpc) is 2.30. The van der Waals surface area contributed by atoms with Crippen molar-refractivity contribution in [3.63, 3.8) is 0 Å². The molecule has 2 aliphatic rings. The minimum absolute atomic E-state index is 0.0924. The van der Waals surface area contributed by atoms with E-state index in [-0.39, 0.29) is 17.0 Å². The van der Waals surface area contributed by atoms with Crippen LogP contribution in [0.2, 0.25) is 0 Å². The molecule has 4 heteroatoms. The molecule has 0 atom stereocenters. The maximum Gasteiger partial charge on any atom is 0.312 e. The Morgan fingerprint density at radius 3 is 2.29 bits per heavy atom. The molecule has 0 bridgehead atoms.